The molecule has 0 amide bonds. The third kappa shape index (κ3) is 3.38. The Morgan fingerprint density at radius 2 is 1.65 bits per heavy atom. The molecule has 0 radical (unpaired) electrons. The fraction of sp³-hybridized carbons (Fsp3) is 0.526. The van der Waals surface area contributed by atoms with Crippen molar-refractivity contribution in [2.75, 3.05) is 31.1 Å². The summed E-state index contributed by atoms with van der Waals surface area (Å²) in [4.78, 5) is 2.61. The number of hydrogen-bond acceptors (Lipinski definition) is 4. The normalized spacial score (nSPS) is 16.9. The number of sulfonamides is 1. The Hall–Kier alpha value is -1.86. The summed E-state index contributed by atoms with van der Waals surface area (Å²) in [6.45, 7) is 12.4. The SMILES string of the molecule is Cc1n[nH]c(C)c1S(=O)(=O)N1CCN(c2ccccc2C(C)(C)C)CC1. The van der Waals surface area contributed by atoms with Gasteiger partial charge in [-0.1, -0.05) is 39.0 Å². The number of piperazine rings is 1. The summed E-state index contributed by atoms with van der Waals surface area (Å²) in [6, 6.07) is 8.41. The summed E-state index contributed by atoms with van der Waals surface area (Å²) in [6.07, 6.45) is 0. The molecule has 0 bridgehead atoms. The lowest BCUT2D eigenvalue weighted by atomic mass is 9.85. The molecule has 0 unspecified atom stereocenters. The standard InChI is InChI=1S/C19H28N4O2S/c1-14-18(15(2)21-20-14)26(24,25)23-12-10-22(11-13-23)17-9-7-6-8-16(17)19(3,4)5/h6-9H,10-13H2,1-5H3,(H,20,21). The molecule has 1 aliphatic rings. The van der Waals surface area contributed by atoms with Crippen LogP contribution in [0.4, 0.5) is 5.69 Å². The number of nitrogens with one attached hydrogen (secondary N) is 1. The third-order valence-corrected chi connectivity index (χ3v) is 7.11. The van der Waals surface area contributed by atoms with E-state index in [1.165, 1.54) is 11.3 Å². The number of benzene rings is 1. The first-order chi connectivity index (χ1) is 12.1. The van der Waals surface area contributed by atoms with Gasteiger partial charge in [0.25, 0.3) is 0 Å². The fourth-order valence-corrected chi connectivity index (χ4v) is 5.36. The summed E-state index contributed by atoms with van der Waals surface area (Å²) in [5.41, 5.74) is 3.67. The average molecular weight is 377 g/mol. The molecule has 1 N–H and O–H groups in total. The molecule has 0 aliphatic carbocycles. The Balaban J connectivity index is 1.81. The fourth-order valence-electron chi connectivity index (χ4n) is 3.60. The molecule has 0 saturated carbocycles. The number of anilines is 1. The molecular formula is C19H28N4O2S. The quantitative estimate of drug-likeness (QED) is 0.894. The zero-order valence-electron chi connectivity index (χ0n) is 16.2. The van der Waals surface area contributed by atoms with Gasteiger partial charge in [-0.2, -0.15) is 9.40 Å². The van der Waals surface area contributed by atoms with Crippen LogP contribution in [0.1, 0.15) is 37.7 Å². The first-order valence-electron chi connectivity index (χ1n) is 8.98. The highest BCUT2D eigenvalue weighted by atomic mass is 32.2. The van der Waals surface area contributed by atoms with Crippen LogP contribution < -0.4 is 4.90 Å². The Bertz CT molecular complexity index is 869. The number of nitrogens with zero attached hydrogens (tertiary/aromatic N) is 3. The lowest BCUT2D eigenvalue weighted by Crippen LogP contribution is -2.49. The van der Waals surface area contributed by atoms with Gasteiger partial charge in [0.1, 0.15) is 4.90 Å². The maximum atomic E-state index is 13.0. The van der Waals surface area contributed by atoms with Gasteiger partial charge in [-0.25, -0.2) is 8.42 Å². The van der Waals surface area contributed by atoms with E-state index in [0.717, 1.165) is 0 Å². The highest BCUT2D eigenvalue weighted by Gasteiger charge is 2.33. The van der Waals surface area contributed by atoms with Gasteiger partial charge in [-0.15, -0.1) is 0 Å². The highest BCUT2D eigenvalue weighted by Crippen LogP contribution is 2.33. The molecule has 0 atom stereocenters. The van der Waals surface area contributed by atoms with Gasteiger partial charge in [-0.05, 0) is 30.9 Å². The molecule has 1 aromatic heterocycles. The molecule has 7 heteroatoms. The van der Waals surface area contributed by atoms with Crippen LogP contribution in [-0.4, -0.2) is 49.1 Å². The summed E-state index contributed by atoms with van der Waals surface area (Å²) in [5, 5.41) is 6.81. The van der Waals surface area contributed by atoms with Crippen LogP contribution in [0.5, 0.6) is 0 Å². The van der Waals surface area contributed by atoms with Crippen molar-refractivity contribution in [2.24, 2.45) is 0 Å². The molecule has 6 nitrogen and oxygen atoms in total. The second kappa shape index (κ2) is 6.70. The number of H-pyrrole nitrogens is 1. The van der Waals surface area contributed by atoms with E-state index in [2.05, 4.69) is 54.1 Å². The van der Waals surface area contributed by atoms with E-state index in [-0.39, 0.29) is 5.41 Å². The van der Waals surface area contributed by atoms with Crippen LogP contribution in [0.15, 0.2) is 29.2 Å². The van der Waals surface area contributed by atoms with Crippen molar-refractivity contribution in [3.8, 4) is 0 Å². The lowest BCUT2D eigenvalue weighted by molar-refractivity contribution is 0.383. The molecule has 1 aliphatic heterocycles. The maximum Gasteiger partial charge on any atom is 0.246 e. The lowest BCUT2D eigenvalue weighted by Gasteiger charge is -2.38. The number of rotatable bonds is 3. The molecular weight excluding hydrogens is 348 g/mol. The molecule has 1 saturated heterocycles. The Kier molecular flexibility index (Phi) is 4.88. The van der Waals surface area contributed by atoms with Crippen molar-refractivity contribution in [2.45, 2.75) is 44.9 Å². The van der Waals surface area contributed by atoms with Gasteiger partial charge in [-0.3, -0.25) is 5.10 Å². The number of para-hydroxylation sites is 1. The van der Waals surface area contributed by atoms with Crippen LogP contribution in [-0.2, 0) is 15.4 Å². The minimum atomic E-state index is -3.51. The summed E-state index contributed by atoms with van der Waals surface area (Å²) in [5.74, 6) is 0. The molecule has 26 heavy (non-hydrogen) atoms. The zero-order chi connectivity index (χ0) is 19.1. The van der Waals surface area contributed by atoms with E-state index in [1.807, 2.05) is 6.07 Å². The Morgan fingerprint density at radius 1 is 1.04 bits per heavy atom. The van der Waals surface area contributed by atoms with E-state index in [0.29, 0.717) is 42.5 Å². The van der Waals surface area contributed by atoms with Crippen LogP contribution in [0.2, 0.25) is 0 Å². The van der Waals surface area contributed by atoms with Crippen LogP contribution in [0.3, 0.4) is 0 Å². The molecule has 1 fully saturated rings. The number of aromatic nitrogens is 2. The zero-order valence-corrected chi connectivity index (χ0v) is 17.0. The van der Waals surface area contributed by atoms with Gasteiger partial charge < -0.3 is 4.90 Å². The Labute approximate surface area is 156 Å². The molecule has 1 aromatic carbocycles. The van der Waals surface area contributed by atoms with Gasteiger partial charge in [0.05, 0.1) is 11.4 Å². The average Bonchev–Trinajstić information content (AvgIpc) is 2.93. The van der Waals surface area contributed by atoms with Crippen molar-refractivity contribution in [1.29, 1.82) is 0 Å². The van der Waals surface area contributed by atoms with Crippen LogP contribution in [0.25, 0.3) is 0 Å². The van der Waals surface area contributed by atoms with Gasteiger partial charge in [0.2, 0.25) is 10.0 Å². The molecule has 142 valence electrons. The number of aryl methyl sites for hydroxylation is 2. The van der Waals surface area contributed by atoms with Gasteiger partial charge in [0, 0.05) is 31.9 Å². The van der Waals surface area contributed by atoms with Crippen molar-refractivity contribution in [1.82, 2.24) is 14.5 Å². The summed E-state index contributed by atoms with van der Waals surface area (Å²) < 4.78 is 27.6. The largest absolute Gasteiger partial charge is 0.369 e. The number of aromatic amines is 1. The first-order valence-corrected chi connectivity index (χ1v) is 10.4. The van der Waals surface area contributed by atoms with Crippen molar-refractivity contribution < 1.29 is 8.42 Å². The smallest absolute Gasteiger partial charge is 0.246 e. The van der Waals surface area contributed by atoms with Crippen LogP contribution in [0, 0.1) is 13.8 Å². The Morgan fingerprint density at radius 3 is 2.19 bits per heavy atom. The minimum Gasteiger partial charge on any atom is -0.369 e. The second-order valence-corrected chi connectivity index (χ2v) is 9.80. The van der Waals surface area contributed by atoms with E-state index in [4.69, 9.17) is 0 Å². The predicted octanol–water partition coefficient (Wildman–Crippen LogP) is 2.83. The summed E-state index contributed by atoms with van der Waals surface area (Å²) in [7, 11) is -3.51. The van der Waals surface area contributed by atoms with Gasteiger partial charge >= 0.3 is 0 Å². The molecule has 3 rings (SSSR count). The van der Waals surface area contributed by atoms with Crippen molar-refractivity contribution >= 4 is 15.7 Å². The van der Waals surface area contributed by atoms with Crippen LogP contribution >= 0.6 is 0 Å². The topological polar surface area (TPSA) is 69.3 Å². The first kappa shape index (κ1) is 18.9. The monoisotopic (exact) mass is 376 g/mol. The highest BCUT2D eigenvalue weighted by molar-refractivity contribution is 7.89. The molecule has 0 spiro atoms. The van der Waals surface area contributed by atoms with Crippen molar-refractivity contribution in [3.63, 3.8) is 0 Å². The summed E-state index contributed by atoms with van der Waals surface area (Å²) >= 11 is 0. The minimum absolute atomic E-state index is 0.0464. The van der Waals surface area contributed by atoms with E-state index in [1.54, 1.807) is 18.2 Å². The van der Waals surface area contributed by atoms with E-state index in [9.17, 15) is 8.42 Å². The third-order valence-electron chi connectivity index (χ3n) is 4.95. The van der Waals surface area contributed by atoms with Gasteiger partial charge in [0.15, 0.2) is 0 Å². The second-order valence-electron chi connectivity index (χ2n) is 7.92. The predicted molar refractivity (Wildman–Crippen MR) is 104 cm³/mol. The van der Waals surface area contributed by atoms with E-state index < -0.39 is 10.0 Å². The van der Waals surface area contributed by atoms with Crippen molar-refractivity contribution in [3.05, 3.63) is 41.2 Å². The molecule has 2 aromatic rings. The molecule has 2 heterocycles. The maximum absolute atomic E-state index is 13.0. The number of hydrogen-bond donors (Lipinski definition) is 1. The van der Waals surface area contributed by atoms with E-state index >= 15 is 0 Å².